The molecule has 3 heterocycles. The van der Waals surface area contributed by atoms with Crippen molar-refractivity contribution in [2.24, 2.45) is 0 Å². The van der Waals surface area contributed by atoms with E-state index in [4.69, 9.17) is 11.6 Å². The molecule has 6 heteroatoms. The van der Waals surface area contributed by atoms with Crippen LogP contribution < -0.4 is 4.90 Å². The monoisotopic (exact) mass is 296 g/mol. The lowest BCUT2D eigenvalue weighted by atomic mass is 10.1. The first-order chi connectivity index (χ1) is 9.06. The standard InChI is InChI=1S/C13H17ClN4S/c1-8-6-18(7-9(2)17(8)3)11-10-4-5-19-12(10)16-13(14)15-11/h4-5,8-9H,6-7H2,1-3H3. The fraction of sp³-hybridized carbons (Fsp3) is 0.538. The third kappa shape index (κ3) is 2.30. The van der Waals surface area contributed by atoms with E-state index in [-0.39, 0.29) is 0 Å². The smallest absolute Gasteiger partial charge is 0.225 e. The molecule has 2 aromatic rings. The zero-order valence-corrected chi connectivity index (χ0v) is 12.9. The van der Waals surface area contributed by atoms with Gasteiger partial charge in [0.05, 0.1) is 5.39 Å². The predicted molar refractivity (Wildman–Crippen MR) is 81.3 cm³/mol. The highest BCUT2D eigenvalue weighted by Crippen LogP contribution is 2.30. The Morgan fingerprint density at radius 3 is 2.63 bits per heavy atom. The molecule has 4 nitrogen and oxygen atoms in total. The molecule has 1 aliphatic heterocycles. The second kappa shape index (κ2) is 4.89. The van der Waals surface area contributed by atoms with E-state index in [1.165, 1.54) is 0 Å². The SMILES string of the molecule is CC1CN(c2nc(Cl)nc3sccc23)CC(C)N1C. The molecular formula is C13H17ClN4S. The molecule has 0 radical (unpaired) electrons. The van der Waals surface area contributed by atoms with Crippen LogP contribution in [0.4, 0.5) is 5.82 Å². The minimum Gasteiger partial charge on any atom is -0.353 e. The number of fused-ring (bicyclic) bond motifs is 1. The average molecular weight is 297 g/mol. The molecule has 0 N–H and O–H groups in total. The Kier molecular flexibility index (Phi) is 3.37. The van der Waals surface area contributed by atoms with Gasteiger partial charge in [0.1, 0.15) is 10.6 Å². The molecule has 0 bridgehead atoms. The summed E-state index contributed by atoms with van der Waals surface area (Å²) >= 11 is 7.66. The van der Waals surface area contributed by atoms with Crippen LogP contribution in [0, 0.1) is 0 Å². The summed E-state index contributed by atoms with van der Waals surface area (Å²) in [6, 6.07) is 3.09. The number of likely N-dealkylation sites (N-methyl/N-ethyl adjacent to an activating group) is 1. The molecule has 102 valence electrons. The van der Waals surface area contributed by atoms with E-state index in [0.717, 1.165) is 29.1 Å². The van der Waals surface area contributed by atoms with Gasteiger partial charge in [0.25, 0.3) is 0 Å². The molecular weight excluding hydrogens is 280 g/mol. The van der Waals surface area contributed by atoms with Crippen molar-refractivity contribution < 1.29 is 0 Å². The van der Waals surface area contributed by atoms with E-state index in [9.17, 15) is 0 Å². The van der Waals surface area contributed by atoms with Gasteiger partial charge in [-0.25, -0.2) is 4.98 Å². The van der Waals surface area contributed by atoms with Gasteiger partial charge in [0.2, 0.25) is 5.28 Å². The molecule has 19 heavy (non-hydrogen) atoms. The van der Waals surface area contributed by atoms with E-state index in [1.807, 2.05) is 5.38 Å². The Labute approximate surface area is 122 Å². The van der Waals surface area contributed by atoms with Crippen molar-refractivity contribution in [3.8, 4) is 0 Å². The molecule has 0 aromatic carbocycles. The third-order valence-corrected chi connectivity index (χ3v) is 4.91. The minimum absolute atomic E-state index is 0.337. The lowest BCUT2D eigenvalue weighted by Crippen LogP contribution is -2.55. The first-order valence-corrected chi connectivity index (χ1v) is 7.69. The molecule has 1 aliphatic rings. The summed E-state index contributed by atoms with van der Waals surface area (Å²) in [7, 11) is 2.18. The number of aromatic nitrogens is 2. The number of halogens is 1. The number of rotatable bonds is 1. The Morgan fingerprint density at radius 1 is 1.26 bits per heavy atom. The quantitative estimate of drug-likeness (QED) is 0.758. The number of hydrogen-bond acceptors (Lipinski definition) is 5. The molecule has 2 atom stereocenters. The van der Waals surface area contributed by atoms with Crippen LogP contribution in [0.25, 0.3) is 10.2 Å². The van der Waals surface area contributed by atoms with E-state index in [0.29, 0.717) is 17.4 Å². The summed E-state index contributed by atoms with van der Waals surface area (Å²) in [6.45, 7) is 6.44. The highest BCUT2D eigenvalue weighted by atomic mass is 35.5. The van der Waals surface area contributed by atoms with Gasteiger partial charge in [-0.1, -0.05) is 0 Å². The van der Waals surface area contributed by atoms with Gasteiger partial charge < -0.3 is 4.90 Å². The molecule has 0 aliphatic carbocycles. The molecule has 2 aromatic heterocycles. The minimum atomic E-state index is 0.337. The molecule has 0 amide bonds. The van der Waals surface area contributed by atoms with E-state index in [2.05, 4.69) is 46.7 Å². The summed E-state index contributed by atoms with van der Waals surface area (Å²) in [5, 5.41) is 3.49. The van der Waals surface area contributed by atoms with Gasteiger partial charge in [-0.05, 0) is 43.9 Å². The van der Waals surface area contributed by atoms with Crippen molar-refractivity contribution in [1.29, 1.82) is 0 Å². The van der Waals surface area contributed by atoms with E-state index >= 15 is 0 Å². The van der Waals surface area contributed by atoms with Crippen molar-refractivity contribution in [3.05, 3.63) is 16.7 Å². The second-order valence-electron chi connectivity index (χ2n) is 5.22. The first-order valence-electron chi connectivity index (χ1n) is 6.44. The zero-order valence-electron chi connectivity index (χ0n) is 11.3. The van der Waals surface area contributed by atoms with Crippen molar-refractivity contribution in [2.45, 2.75) is 25.9 Å². The van der Waals surface area contributed by atoms with Gasteiger partial charge >= 0.3 is 0 Å². The normalized spacial score (nSPS) is 25.2. The maximum Gasteiger partial charge on any atom is 0.225 e. The van der Waals surface area contributed by atoms with E-state index in [1.54, 1.807) is 11.3 Å². The van der Waals surface area contributed by atoms with Crippen LogP contribution in [0.2, 0.25) is 5.28 Å². The maximum absolute atomic E-state index is 6.05. The van der Waals surface area contributed by atoms with Crippen LogP contribution >= 0.6 is 22.9 Å². The number of piperazine rings is 1. The highest BCUT2D eigenvalue weighted by molar-refractivity contribution is 7.16. The van der Waals surface area contributed by atoms with Gasteiger partial charge in [-0.2, -0.15) is 4.98 Å². The fourth-order valence-corrected chi connectivity index (χ4v) is 3.61. The summed E-state index contributed by atoms with van der Waals surface area (Å²) in [6.07, 6.45) is 0. The van der Waals surface area contributed by atoms with Gasteiger partial charge in [0.15, 0.2) is 0 Å². The second-order valence-corrected chi connectivity index (χ2v) is 6.46. The molecule has 3 rings (SSSR count). The topological polar surface area (TPSA) is 32.3 Å². The number of anilines is 1. The lowest BCUT2D eigenvalue weighted by Gasteiger charge is -2.43. The lowest BCUT2D eigenvalue weighted by molar-refractivity contribution is 0.170. The zero-order chi connectivity index (χ0) is 13.6. The Bertz CT molecular complexity index is 587. The number of hydrogen-bond donors (Lipinski definition) is 0. The van der Waals surface area contributed by atoms with Crippen LogP contribution in [0.15, 0.2) is 11.4 Å². The molecule has 0 spiro atoms. The average Bonchev–Trinajstić information content (AvgIpc) is 2.82. The van der Waals surface area contributed by atoms with Crippen LogP contribution in [0.5, 0.6) is 0 Å². The molecule has 1 fully saturated rings. The first kappa shape index (κ1) is 13.1. The van der Waals surface area contributed by atoms with Crippen molar-refractivity contribution >= 4 is 39.0 Å². The largest absolute Gasteiger partial charge is 0.353 e. The predicted octanol–water partition coefficient (Wildman–Crippen LogP) is 2.87. The third-order valence-electron chi connectivity index (χ3n) is 3.94. The van der Waals surface area contributed by atoms with Crippen molar-refractivity contribution in [2.75, 3.05) is 25.0 Å². The van der Waals surface area contributed by atoms with Crippen LogP contribution in [0.1, 0.15) is 13.8 Å². The highest BCUT2D eigenvalue weighted by Gasteiger charge is 2.28. The summed E-state index contributed by atoms with van der Waals surface area (Å²) < 4.78 is 0. The Hall–Kier alpha value is -0.910. The summed E-state index contributed by atoms with van der Waals surface area (Å²) in [5.74, 6) is 0.975. The molecule has 0 saturated carbocycles. The Balaban J connectivity index is 2.02. The maximum atomic E-state index is 6.05. The molecule has 1 saturated heterocycles. The summed E-state index contributed by atoms with van der Waals surface area (Å²) in [4.78, 5) is 14.4. The fourth-order valence-electron chi connectivity index (χ4n) is 2.63. The van der Waals surface area contributed by atoms with E-state index < -0.39 is 0 Å². The van der Waals surface area contributed by atoms with Crippen molar-refractivity contribution in [1.82, 2.24) is 14.9 Å². The summed E-state index contributed by atoms with van der Waals surface area (Å²) in [5.41, 5.74) is 0. The van der Waals surface area contributed by atoms with Crippen LogP contribution in [-0.4, -0.2) is 47.1 Å². The number of nitrogens with zero attached hydrogens (tertiary/aromatic N) is 4. The van der Waals surface area contributed by atoms with Gasteiger partial charge in [0, 0.05) is 25.2 Å². The van der Waals surface area contributed by atoms with Crippen molar-refractivity contribution in [3.63, 3.8) is 0 Å². The van der Waals surface area contributed by atoms with Gasteiger partial charge in [-0.3, -0.25) is 4.90 Å². The Morgan fingerprint density at radius 2 is 1.95 bits per heavy atom. The molecule has 2 unspecified atom stereocenters. The van der Waals surface area contributed by atoms with Crippen LogP contribution in [-0.2, 0) is 0 Å². The van der Waals surface area contributed by atoms with Gasteiger partial charge in [-0.15, -0.1) is 11.3 Å². The number of thiophene rings is 1. The van der Waals surface area contributed by atoms with Crippen LogP contribution in [0.3, 0.4) is 0 Å².